The van der Waals surface area contributed by atoms with Crippen LogP contribution in [-0.2, 0) is 9.59 Å². The molecule has 1 unspecified atom stereocenters. The molecule has 1 aliphatic heterocycles. The summed E-state index contributed by atoms with van der Waals surface area (Å²) in [6.07, 6.45) is 1.53. The van der Waals surface area contributed by atoms with Gasteiger partial charge in [0.05, 0.1) is 12.5 Å². The number of benzene rings is 1. The summed E-state index contributed by atoms with van der Waals surface area (Å²) in [6.45, 7) is 5.50. The molecule has 1 heterocycles. The van der Waals surface area contributed by atoms with Gasteiger partial charge in [-0.05, 0) is 45.4 Å². The number of carbonyl (C=O) groups excluding carboxylic acids is 1. The second-order valence-corrected chi connectivity index (χ2v) is 6.11. The Kier molecular flexibility index (Phi) is 5.55. The van der Waals surface area contributed by atoms with Gasteiger partial charge in [-0.15, -0.1) is 0 Å². The van der Waals surface area contributed by atoms with E-state index >= 15 is 0 Å². The highest BCUT2D eigenvalue weighted by Gasteiger charge is 2.28. The van der Waals surface area contributed by atoms with Crippen molar-refractivity contribution in [1.82, 2.24) is 4.90 Å². The minimum Gasteiger partial charge on any atom is -0.481 e. The van der Waals surface area contributed by atoms with Gasteiger partial charge in [-0.2, -0.15) is 0 Å². The first-order valence-corrected chi connectivity index (χ1v) is 7.81. The van der Waals surface area contributed by atoms with Crippen LogP contribution < -0.4 is 4.90 Å². The Morgan fingerprint density at radius 2 is 2.00 bits per heavy atom. The van der Waals surface area contributed by atoms with Crippen molar-refractivity contribution in [2.75, 3.05) is 24.5 Å². The summed E-state index contributed by atoms with van der Waals surface area (Å²) in [7, 11) is 0. The largest absolute Gasteiger partial charge is 0.481 e. The third-order valence-corrected chi connectivity index (χ3v) is 4.03. The molecule has 0 saturated carbocycles. The molecule has 0 bridgehead atoms. The van der Waals surface area contributed by atoms with E-state index in [0.29, 0.717) is 13.0 Å². The van der Waals surface area contributed by atoms with E-state index in [4.69, 9.17) is 5.11 Å². The maximum absolute atomic E-state index is 12.7. The van der Waals surface area contributed by atoms with Gasteiger partial charge in [-0.25, -0.2) is 0 Å². The number of rotatable bonds is 5. The Morgan fingerprint density at radius 1 is 1.32 bits per heavy atom. The molecule has 2 rings (SSSR count). The average Bonchev–Trinajstić information content (AvgIpc) is 2.48. The predicted octanol–water partition coefficient (Wildman–Crippen LogP) is 2.22. The maximum atomic E-state index is 12.7. The third kappa shape index (κ3) is 4.07. The van der Waals surface area contributed by atoms with Crippen molar-refractivity contribution in [3.8, 4) is 0 Å². The summed E-state index contributed by atoms with van der Waals surface area (Å²) in [4.78, 5) is 27.5. The number of likely N-dealkylation sites (tertiary alicyclic amines) is 1. The van der Waals surface area contributed by atoms with E-state index in [2.05, 4.69) is 0 Å². The molecule has 5 nitrogen and oxygen atoms in total. The average molecular weight is 304 g/mol. The minimum absolute atomic E-state index is 0.0206. The Bertz CT molecular complexity index is 516. The molecule has 1 aromatic rings. The monoisotopic (exact) mass is 304 g/mol. The molecule has 0 aromatic heterocycles. The van der Waals surface area contributed by atoms with Crippen molar-refractivity contribution in [2.45, 2.75) is 32.7 Å². The lowest BCUT2D eigenvalue weighted by Crippen LogP contribution is -2.47. The fourth-order valence-corrected chi connectivity index (χ4v) is 2.99. The molecule has 5 heteroatoms. The Labute approximate surface area is 131 Å². The van der Waals surface area contributed by atoms with Gasteiger partial charge in [-0.3, -0.25) is 14.5 Å². The van der Waals surface area contributed by atoms with Crippen LogP contribution in [0.4, 0.5) is 5.69 Å². The second-order valence-electron chi connectivity index (χ2n) is 6.11. The van der Waals surface area contributed by atoms with Gasteiger partial charge < -0.3 is 10.0 Å². The predicted molar refractivity (Wildman–Crippen MR) is 85.9 cm³/mol. The number of carbonyl (C=O) groups is 2. The highest BCUT2D eigenvalue weighted by atomic mass is 16.4. The molecule has 0 aliphatic carbocycles. The van der Waals surface area contributed by atoms with Gasteiger partial charge in [0.1, 0.15) is 0 Å². The van der Waals surface area contributed by atoms with Gasteiger partial charge in [0.25, 0.3) is 0 Å². The summed E-state index contributed by atoms with van der Waals surface area (Å²) < 4.78 is 0. The Balaban J connectivity index is 2.04. The van der Waals surface area contributed by atoms with Crippen LogP contribution in [0.2, 0.25) is 0 Å². The number of amides is 1. The molecule has 1 aliphatic rings. The standard InChI is InChI=1S/C17H24N2O3/c1-13(2)19(15-8-4-3-5-9-15)16(20)12-18-10-6-7-14(11-18)17(21)22/h3-5,8-9,13-14H,6-7,10-12H2,1-2H3,(H,21,22). The van der Waals surface area contributed by atoms with E-state index < -0.39 is 5.97 Å². The van der Waals surface area contributed by atoms with E-state index in [1.807, 2.05) is 49.1 Å². The fourth-order valence-electron chi connectivity index (χ4n) is 2.99. The van der Waals surface area contributed by atoms with Crippen molar-refractivity contribution in [1.29, 1.82) is 0 Å². The van der Waals surface area contributed by atoms with Crippen molar-refractivity contribution < 1.29 is 14.7 Å². The lowest BCUT2D eigenvalue weighted by molar-refractivity contribution is -0.144. The fraction of sp³-hybridized carbons (Fsp3) is 0.529. The summed E-state index contributed by atoms with van der Waals surface area (Å²) in [5.74, 6) is -1.10. The normalized spacial score (nSPS) is 19.1. The van der Waals surface area contributed by atoms with E-state index in [1.54, 1.807) is 4.90 Å². The van der Waals surface area contributed by atoms with E-state index in [0.717, 1.165) is 18.7 Å². The highest BCUT2D eigenvalue weighted by Crippen LogP contribution is 2.20. The van der Waals surface area contributed by atoms with E-state index in [9.17, 15) is 9.59 Å². The van der Waals surface area contributed by atoms with Crippen LogP contribution in [0.1, 0.15) is 26.7 Å². The molecule has 22 heavy (non-hydrogen) atoms. The SMILES string of the molecule is CC(C)N(C(=O)CN1CCCC(C(=O)O)C1)c1ccccc1. The molecule has 0 radical (unpaired) electrons. The molecule has 120 valence electrons. The van der Waals surface area contributed by atoms with Crippen LogP contribution in [0.15, 0.2) is 30.3 Å². The zero-order valence-electron chi connectivity index (χ0n) is 13.2. The lowest BCUT2D eigenvalue weighted by Gasteiger charge is -2.33. The molecule has 1 aromatic carbocycles. The second kappa shape index (κ2) is 7.40. The summed E-state index contributed by atoms with van der Waals surface area (Å²) in [6, 6.07) is 9.67. The lowest BCUT2D eigenvalue weighted by atomic mass is 9.98. The van der Waals surface area contributed by atoms with Crippen LogP contribution >= 0.6 is 0 Å². The summed E-state index contributed by atoms with van der Waals surface area (Å²) >= 11 is 0. The van der Waals surface area contributed by atoms with Gasteiger partial charge in [0.15, 0.2) is 0 Å². The van der Waals surface area contributed by atoms with Crippen LogP contribution in [0.5, 0.6) is 0 Å². The zero-order chi connectivity index (χ0) is 16.1. The van der Waals surface area contributed by atoms with Crippen LogP contribution in [0.25, 0.3) is 0 Å². The van der Waals surface area contributed by atoms with Crippen molar-refractivity contribution >= 4 is 17.6 Å². The number of aliphatic carboxylic acids is 1. The molecule has 1 fully saturated rings. The molecule has 1 atom stereocenters. The topological polar surface area (TPSA) is 60.9 Å². The van der Waals surface area contributed by atoms with E-state index in [1.165, 1.54) is 0 Å². The number of nitrogens with zero attached hydrogens (tertiary/aromatic N) is 2. The van der Waals surface area contributed by atoms with Crippen molar-refractivity contribution in [3.63, 3.8) is 0 Å². The number of piperidine rings is 1. The zero-order valence-corrected chi connectivity index (χ0v) is 13.2. The number of hydrogen-bond acceptors (Lipinski definition) is 3. The highest BCUT2D eigenvalue weighted by molar-refractivity contribution is 5.95. The first-order chi connectivity index (χ1) is 10.5. The minimum atomic E-state index is -0.763. The first kappa shape index (κ1) is 16.5. The third-order valence-electron chi connectivity index (χ3n) is 4.03. The number of hydrogen-bond donors (Lipinski definition) is 1. The quantitative estimate of drug-likeness (QED) is 0.906. The number of carboxylic acid groups (broad SMARTS) is 1. The van der Waals surface area contributed by atoms with Crippen LogP contribution in [0.3, 0.4) is 0 Å². The van der Waals surface area contributed by atoms with Gasteiger partial charge in [-0.1, -0.05) is 18.2 Å². The van der Waals surface area contributed by atoms with Gasteiger partial charge in [0.2, 0.25) is 5.91 Å². The smallest absolute Gasteiger partial charge is 0.307 e. The van der Waals surface area contributed by atoms with E-state index in [-0.39, 0.29) is 24.4 Å². The van der Waals surface area contributed by atoms with Crippen molar-refractivity contribution in [3.05, 3.63) is 30.3 Å². The Morgan fingerprint density at radius 3 is 2.59 bits per heavy atom. The van der Waals surface area contributed by atoms with Gasteiger partial charge >= 0.3 is 5.97 Å². The number of carboxylic acids is 1. The Hall–Kier alpha value is -1.88. The summed E-state index contributed by atoms with van der Waals surface area (Å²) in [5, 5.41) is 9.14. The van der Waals surface area contributed by atoms with Gasteiger partial charge in [0, 0.05) is 18.3 Å². The maximum Gasteiger partial charge on any atom is 0.307 e. The molecule has 1 amide bonds. The molecule has 0 spiro atoms. The first-order valence-electron chi connectivity index (χ1n) is 7.81. The number of para-hydroxylation sites is 1. The molecular formula is C17H24N2O3. The van der Waals surface area contributed by atoms with Crippen molar-refractivity contribution in [2.24, 2.45) is 5.92 Å². The molecule has 1 N–H and O–H groups in total. The molecular weight excluding hydrogens is 280 g/mol. The number of anilines is 1. The molecule has 1 saturated heterocycles. The van der Waals surface area contributed by atoms with Crippen LogP contribution in [0, 0.1) is 5.92 Å². The van der Waals surface area contributed by atoms with Crippen LogP contribution in [-0.4, -0.2) is 47.6 Å². The summed E-state index contributed by atoms with van der Waals surface area (Å²) in [5.41, 5.74) is 0.884.